The van der Waals surface area contributed by atoms with Crippen LogP contribution in [0.25, 0.3) is 0 Å². The molecule has 6 nitrogen and oxygen atoms in total. The van der Waals surface area contributed by atoms with Crippen LogP contribution >= 0.6 is 0 Å². The van der Waals surface area contributed by atoms with Crippen molar-refractivity contribution in [3.05, 3.63) is 0 Å². The van der Waals surface area contributed by atoms with Crippen LogP contribution in [-0.4, -0.2) is 41.6 Å². The van der Waals surface area contributed by atoms with Gasteiger partial charge in [0.15, 0.2) is 6.61 Å². The minimum absolute atomic E-state index is 0.0214. The average molecular weight is 285 g/mol. The molecule has 0 aliphatic rings. The molecule has 0 saturated carbocycles. The minimum atomic E-state index is -0.601. The molecular weight excluding hydrogens is 262 g/mol. The number of carbonyl (C=O) groups excluding carboxylic acids is 4. The van der Waals surface area contributed by atoms with Gasteiger partial charge < -0.3 is 4.74 Å². The largest absolute Gasteiger partial charge is 0.456 e. The molecule has 0 aromatic heterocycles. The molecular formula is C14H23NO5. The van der Waals surface area contributed by atoms with Crippen LogP contribution in [0.2, 0.25) is 0 Å². The molecule has 2 amide bonds. The second kappa shape index (κ2) is 8.45. The third-order valence-corrected chi connectivity index (χ3v) is 2.69. The monoisotopic (exact) mass is 285 g/mol. The number of carbonyl (C=O) groups is 4. The van der Waals surface area contributed by atoms with E-state index in [9.17, 15) is 19.2 Å². The Morgan fingerprint density at radius 1 is 1.00 bits per heavy atom. The summed E-state index contributed by atoms with van der Waals surface area (Å²) in [6.07, 6.45) is 0.113. The number of imide groups is 1. The van der Waals surface area contributed by atoms with Gasteiger partial charge >= 0.3 is 5.97 Å². The van der Waals surface area contributed by atoms with Crippen molar-refractivity contribution in [1.82, 2.24) is 4.90 Å². The third kappa shape index (κ3) is 6.45. The zero-order valence-corrected chi connectivity index (χ0v) is 12.8. The highest BCUT2D eigenvalue weighted by molar-refractivity contribution is 5.97. The Bertz CT molecular complexity index is 387. The number of Topliss-reactive ketones (excluding diaryl/α,β-unsaturated/α-hetero) is 1. The van der Waals surface area contributed by atoms with Crippen molar-refractivity contribution in [3.8, 4) is 0 Å². The second-order valence-corrected chi connectivity index (χ2v) is 5.19. The number of ether oxygens (including phenoxy) is 1. The van der Waals surface area contributed by atoms with Crippen LogP contribution in [0.5, 0.6) is 0 Å². The number of nitrogens with zero attached hydrogens (tertiary/aromatic N) is 1. The van der Waals surface area contributed by atoms with Gasteiger partial charge in [-0.05, 0) is 0 Å². The molecule has 0 aliphatic carbocycles. The van der Waals surface area contributed by atoms with E-state index in [0.29, 0.717) is 0 Å². The predicted octanol–water partition coefficient (Wildman–Crippen LogP) is 1.18. The van der Waals surface area contributed by atoms with Crippen LogP contribution < -0.4 is 0 Å². The van der Waals surface area contributed by atoms with Crippen molar-refractivity contribution in [3.63, 3.8) is 0 Å². The van der Waals surface area contributed by atoms with E-state index in [4.69, 9.17) is 0 Å². The molecule has 0 fully saturated rings. The van der Waals surface area contributed by atoms with E-state index in [-0.39, 0.29) is 36.5 Å². The second-order valence-electron chi connectivity index (χ2n) is 5.19. The van der Waals surface area contributed by atoms with Gasteiger partial charge in [0.2, 0.25) is 5.91 Å². The molecule has 20 heavy (non-hydrogen) atoms. The summed E-state index contributed by atoms with van der Waals surface area (Å²) in [5.74, 6) is -2.10. The Hall–Kier alpha value is -1.72. The lowest BCUT2D eigenvalue weighted by atomic mass is 10.1. The fourth-order valence-corrected chi connectivity index (χ4v) is 1.42. The van der Waals surface area contributed by atoms with E-state index in [2.05, 4.69) is 4.74 Å². The van der Waals surface area contributed by atoms with Crippen LogP contribution in [-0.2, 0) is 23.9 Å². The van der Waals surface area contributed by atoms with E-state index in [0.717, 1.165) is 4.90 Å². The van der Waals surface area contributed by atoms with E-state index >= 15 is 0 Å². The van der Waals surface area contributed by atoms with Crippen molar-refractivity contribution < 1.29 is 23.9 Å². The molecule has 0 radical (unpaired) electrons. The van der Waals surface area contributed by atoms with Gasteiger partial charge in [-0.1, -0.05) is 27.7 Å². The van der Waals surface area contributed by atoms with Crippen LogP contribution in [0.15, 0.2) is 0 Å². The molecule has 0 unspecified atom stereocenters. The molecule has 0 heterocycles. The van der Waals surface area contributed by atoms with Crippen molar-refractivity contribution >= 4 is 23.6 Å². The molecule has 0 spiro atoms. The maximum absolute atomic E-state index is 12.0. The summed E-state index contributed by atoms with van der Waals surface area (Å²) in [6.45, 7) is 7.58. The third-order valence-electron chi connectivity index (χ3n) is 2.69. The molecule has 0 N–H and O–H groups in total. The first kappa shape index (κ1) is 18.3. The number of amides is 2. The first-order valence-electron chi connectivity index (χ1n) is 6.67. The van der Waals surface area contributed by atoms with E-state index in [1.807, 2.05) is 0 Å². The lowest BCUT2D eigenvalue weighted by molar-refractivity contribution is -0.156. The van der Waals surface area contributed by atoms with E-state index < -0.39 is 18.5 Å². The van der Waals surface area contributed by atoms with Gasteiger partial charge in [-0.15, -0.1) is 0 Å². The summed E-state index contributed by atoms with van der Waals surface area (Å²) in [7, 11) is 0. The Morgan fingerprint density at radius 2 is 1.55 bits per heavy atom. The van der Waals surface area contributed by atoms with Crippen molar-refractivity contribution in [1.29, 1.82) is 0 Å². The first-order valence-corrected chi connectivity index (χ1v) is 6.67. The van der Waals surface area contributed by atoms with Gasteiger partial charge in [0.05, 0.1) is 0 Å². The summed E-state index contributed by atoms with van der Waals surface area (Å²) in [5, 5.41) is 0. The molecule has 0 bridgehead atoms. The maximum atomic E-state index is 12.0. The average Bonchev–Trinajstić information content (AvgIpc) is 2.35. The summed E-state index contributed by atoms with van der Waals surface area (Å²) in [6, 6.07) is 0. The first-order chi connectivity index (χ1) is 9.16. The predicted molar refractivity (Wildman–Crippen MR) is 72.7 cm³/mol. The van der Waals surface area contributed by atoms with Gasteiger partial charge in [0, 0.05) is 31.7 Å². The standard InChI is InChI=1S/C14H23NO5/c1-9(2)12(17)6-7-15(14(19)10(3)4)13(18)8-20-11(5)16/h9-10H,6-8H2,1-5H3. The number of esters is 1. The van der Waals surface area contributed by atoms with Crippen LogP contribution in [0, 0.1) is 11.8 Å². The van der Waals surface area contributed by atoms with Gasteiger partial charge in [-0.3, -0.25) is 24.1 Å². The zero-order chi connectivity index (χ0) is 15.9. The molecule has 114 valence electrons. The van der Waals surface area contributed by atoms with Gasteiger partial charge in [0.1, 0.15) is 5.78 Å². The molecule has 6 heteroatoms. The highest BCUT2D eigenvalue weighted by atomic mass is 16.5. The maximum Gasteiger partial charge on any atom is 0.303 e. The van der Waals surface area contributed by atoms with Crippen molar-refractivity contribution in [2.45, 2.75) is 41.0 Å². The van der Waals surface area contributed by atoms with Crippen LogP contribution in [0.4, 0.5) is 0 Å². The van der Waals surface area contributed by atoms with Gasteiger partial charge in [0.25, 0.3) is 5.91 Å². The Labute approximate surface area is 119 Å². The summed E-state index contributed by atoms with van der Waals surface area (Å²) in [4.78, 5) is 47.1. The van der Waals surface area contributed by atoms with Crippen LogP contribution in [0.3, 0.4) is 0 Å². The molecule has 0 aromatic rings. The fourth-order valence-electron chi connectivity index (χ4n) is 1.42. The molecule has 0 atom stereocenters. The van der Waals surface area contributed by atoms with E-state index in [1.165, 1.54) is 6.92 Å². The Morgan fingerprint density at radius 3 is 1.95 bits per heavy atom. The number of hydrogen-bond donors (Lipinski definition) is 0. The highest BCUT2D eigenvalue weighted by Crippen LogP contribution is 2.06. The molecule has 0 saturated heterocycles. The highest BCUT2D eigenvalue weighted by Gasteiger charge is 2.25. The Kier molecular flexibility index (Phi) is 7.72. The zero-order valence-electron chi connectivity index (χ0n) is 12.8. The van der Waals surface area contributed by atoms with E-state index in [1.54, 1.807) is 27.7 Å². The smallest absolute Gasteiger partial charge is 0.303 e. The molecule has 0 aromatic carbocycles. The Balaban J connectivity index is 4.73. The van der Waals surface area contributed by atoms with Crippen molar-refractivity contribution in [2.24, 2.45) is 11.8 Å². The normalized spacial score (nSPS) is 10.6. The minimum Gasteiger partial charge on any atom is -0.456 e. The fraction of sp³-hybridized carbons (Fsp3) is 0.714. The van der Waals surface area contributed by atoms with Crippen molar-refractivity contribution in [2.75, 3.05) is 13.2 Å². The molecule has 0 aliphatic heterocycles. The number of ketones is 1. The van der Waals surface area contributed by atoms with Gasteiger partial charge in [-0.2, -0.15) is 0 Å². The number of hydrogen-bond acceptors (Lipinski definition) is 5. The quantitative estimate of drug-likeness (QED) is 0.656. The lowest BCUT2D eigenvalue weighted by Gasteiger charge is -2.22. The SMILES string of the molecule is CC(=O)OCC(=O)N(CCC(=O)C(C)C)C(=O)C(C)C. The topological polar surface area (TPSA) is 80.8 Å². The molecule has 0 rings (SSSR count). The summed E-state index contributed by atoms with van der Waals surface area (Å²) >= 11 is 0. The lowest BCUT2D eigenvalue weighted by Crippen LogP contribution is -2.43. The van der Waals surface area contributed by atoms with Crippen LogP contribution in [0.1, 0.15) is 41.0 Å². The summed E-state index contributed by atoms with van der Waals surface area (Å²) < 4.78 is 4.60. The number of rotatable bonds is 7. The van der Waals surface area contributed by atoms with Gasteiger partial charge in [-0.25, -0.2) is 0 Å². The summed E-state index contributed by atoms with van der Waals surface area (Å²) in [5.41, 5.74) is 0.